The number of anilines is 2. The molecule has 2 aliphatic heterocycles. The van der Waals surface area contributed by atoms with Gasteiger partial charge in [-0.15, -0.1) is 11.3 Å². The van der Waals surface area contributed by atoms with Crippen molar-refractivity contribution in [3.8, 4) is 11.5 Å². The molecule has 0 aliphatic carbocycles. The predicted molar refractivity (Wildman–Crippen MR) is 120 cm³/mol. The first-order valence-corrected chi connectivity index (χ1v) is 11.1. The molecule has 1 saturated heterocycles. The molecular formula is C24H22N2O4S. The summed E-state index contributed by atoms with van der Waals surface area (Å²) in [5, 5.41) is 4.95. The standard InChI is InChI=1S/C24H22N2O4S/c1-15-4-7-17(8-5-15)26-22(27)14-18(23(26)21-3-2-12-31-21)24(28)25-16-6-9-19-20(13-16)30-11-10-29-19/h2-9,12-13,18,23H,10-11,14H2,1H3,(H,25,28). The van der Waals surface area contributed by atoms with Crippen molar-refractivity contribution in [3.05, 3.63) is 70.4 Å². The van der Waals surface area contributed by atoms with Crippen molar-refractivity contribution in [1.82, 2.24) is 0 Å². The third-order valence-electron chi connectivity index (χ3n) is 5.62. The highest BCUT2D eigenvalue weighted by molar-refractivity contribution is 7.10. The molecule has 2 amide bonds. The Morgan fingerprint density at radius 3 is 2.58 bits per heavy atom. The van der Waals surface area contributed by atoms with E-state index in [4.69, 9.17) is 9.47 Å². The number of rotatable bonds is 4. The van der Waals surface area contributed by atoms with Crippen LogP contribution in [0, 0.1) is 12.8 Å². The molecule has 2 aliphatic rings. The van der Waals surface area contributed by atoms with E-state index in [1.54, 1.807) is 34.4 Å². The predicted octanol–water partition coefficient (Wildman–Crippen LogP) is 4.56. The molecule has 0 bridgehead atoms. The number of aryl methyl sites for hydroxylation is 1. The van der Waals surface area contributed by atoms with Crippen LogP contribution >= 0.6 is 11.3 Å². The Morgan fingerprint density at radius 1 is 1.06 bits per heavy atom. The Hall–Kier alpha value is -3.32. The fourth-order valence-electron chi connectivity index (χ4n) is 4.12. The zero-order valence-corrected chi connectivity index (χ0v) is 17.9. The highest BCUT2D eigenvalue weighted by atomic mass is 32.1. The summed E-state index contributed by atoms with van der Waals surface area (Å²) in [7, 11) is 0. The monoisotopic (exact) mass is 434 g/mol. The minimum Gasteiger partial charge on any atom is -0.486 e. The van der Waals surface area contributed by atoms with Crippen molar-refractivity contribution in [2.45, 2.75) is 19.4 Å². The first-order chi connectivity index (χ1) is 15.1. The Balaban J connectivity index is 1.44. The molecule has 5 rings (SSSR count). The maximum Gasteiger partial charge on any atom is 0.230 e. The average molecular weight is 435 g/mol. The van der Waals surface area contributed by atoms with Gasteiger partial charge in [-0.2, -0.15) is 0 Å². The van der Waals surface area contributed by atoms with E-state index in [1.807, 2.05) is 48.7 Å². The van der Waals surface area contributed by atoms with Gasteiger partial charge in [-0.3, -0.25) is 9.59 Å². The number of carbonyl (C=O) groups excluding carboxylic acids is 2. The number of nitrogens with zero attached hydrogens (tertiary/aromatic N) is 1. The number of ether oxygens (including phenoxy) is 2. The number of nitrogens with one attached hydrogen (secondary N) is 1. The van der Waals surface area contributed by atoms with Crippen molar-refractivity contribution in [3.63, 3.8) is 0 Å². The smallest absolute Gasteiger partial charge is 0.230 e. The maximum absolute atomic E-state index is 13.3. The lowest BCUT2D eigenvalue weighted by molar-refractivity contribution is -0.122. The summed E-state index contributed by atoms with van der Waals surface area (Å²) < 4.78 is 11.2. The van der Waals surface area contributed by atoms with Crippen molar-refractivity contribution >= 4 is 34.5 Å². The molecule has 31 heavy (non-hydrogen) atoms. The summed E-state index contributed by atoms with van der Waals surface area (Å²) in [6.45, 7) is 3.00. The lowest BCUT2D eigenvalue weighted by atomic mass is 9.97. The van der Waals surface area contributed by atoms with Gasteiger partial charge in [0.05, 0.1) is 12.0 Å². The van der Waals surface area contributed by atoms with Gasteiger partial charge in [0.15, 0.2) is 11.5 Å². The van der Waals surface area contributed by atoms with Crippen LogP contribution in [0.3, 0.4) is 0 Å². The molecule has 158 valence electrons. The molecule has 7 heteroatoms. The summed E-state index contributed by atoms with van der Waals surface area (Å²) in [6, 6.07) is 16.8. The molecule has 3 heterocycles. The van der Waals surface area contributed by atoms with E-state index in [2.05, 4.69) is 5.32 Å². The topological polar surface area (TPSA) is 67.9 Å². The average Bonchev–Trinajstić information content (AvgIpc) is 3.42. The third kappa shape index (κ3) is 3.77. The zero-order chi connectivity index (χ0) is 21.4. The van der Waals surface area contributed by atoms with Crippen LogP contribution < -0.4 is 19.7 Å². The molecule has 0 radical (unpaired) electrons. The van der Waals surface area contributed by atoms with Gasteiger partial charge in [0.25, 0.3) is 0 Å². The highest BCUT2D eigenvalue weighted by Crippen LogP contribution is 2.43. The molecule has 0 saturated carbocycles. The van der Waals surface area contributed by atoms with E-state index in [0.717, 1.165) is 16.1 Å². The quantitative estimate of drug-likeness (QED) is 0.654. The van der Waals surface area contributed by atoms with Crippen LogP contribution in [0.5, 0.6) is 11.5 Å². The van der Waals surface area contributed by atoms with E-state index in [1.165, 1.54) is 0 Å². The number of fused-ring (bicyclic) bond motifs is 1. The summed E-state index contributed by atoms with van der Waals surface area (Å²) in [6.07, 6.45) is 0.160. The van der Waals surface area contributed by atoms with Gasteiger partial charge in [0, 0.05) is 28.7 Å². The summed E-state index contributed by atoms with van der Waals surface area (Å²) in [5.41, 5.74) is 2.56. The minimum atomic E-state index is -0.499. The minimum absolute atomic E-state index is 0.0513. The number of thiophene rings is 1. The summed E-state index contributed by atoms with van der Waals surface area (Å²) in [4.78, 5) is 29.1. The van der Waals surface area contributed by atoms with Gasteiger partial charge < -0.3 is 19.7 Å². The van der Waals surface area contributed by atoms with E-state index in [9.17, 15) is 9.59 Å². The van der Waals surface area contributed by atoms with Crippen LogP contribution in [0.2, 0.25) is 0 Å². The second kappa shape index (κ2) is 8.07. The lowest BCUT2D eigenvalue weighted by Gasteiger charge is -2.27. The van der Waals surface area contributed by atoms with Gasteiger partial charge >= 0.3 is 0 Å². The van der Waals surface area contributed by atoms with Crippen LogP contribution in [0.25, 0.3) is 0 Å². The Bertz CT molecular complexity index is 1110. The molecule has 1 N–H and O–H groups in total. The molecule has 2 unspecified atom stereocenters. The number of benzene rings is 2. The van der Waals surface area contributed by atoms with Gasteiger partial charge in [-0.1, -0.05) is 23.8 Å². The van der Waals surface area contributed by atoms with Crippen LogP contribution in [0.15, 0.2) is 60.0 Å². The van der Waals surface area contributed by atoms with E-state index >= 15 is 0 Å². The fourth-order valence-corrected chi connectivity index (χ4v) is 5.00. The molecular weight excluding hydrogens is 412 g/mol. The normalized spacial score (nSPS) is 20.0. The van der Waals surface area contributed by atoms with Crippen LogP contribution in [-0.2, 0) is 9.59 Å². The van der Waals surface area contributed by atoms with Gasteiger partial charge in [0.2, 0.25) is 11.8 Å². The molecule has 2 aromatic carbocycles. The summed E-state index contributed by atoms with van der Waals surface area (Å²) >= 11 is 1.56. The van der Waals surface area contributed by atoms with Crippen molar-refractivity contribution in [1.29, 1.82) is 0 Å². The second-order valence-corrected chi connectivity index (χ2v) is 8.70. The van der Waals surface area contributed by atoms with Gasteiger partial charge in [-0.25, -0.2) is 0 Å². The molecule has 1 fully saturated rings. The van der Waals surface area contributed by atoms with E-state index in [-0.39, 0.29) is 24.3 Å². The Morgan fingerprint density at radius 2 is 1.84 bits per heavy atom. The third-order valence-corrected chi connectivity index (χ3v) is 6.56. The molecule has 2 atom stereocenters. The van der Waals surface area contributed by atoms with E-state index < -0.39 is 5.92 Å². The Kier molecular flexibility index (Phi) is 5.11. The highest BCUT2D eigenvalue weighted by Gasteiger charge is 2.45. The Labute approximate surface area is 184 Å². The zero-order valence-electron chi connectivity index (χ0n) is 17.0. The largest absolute Gasteiger partial charge is 0.486 e. The number of hydrogen-bond donors (Lipinski definition) is 1. The molecule has 6 nitrogen and oxygen atoms in total. The van der Waals surface area contributed by atoms with Crippen molar-refractivity contribution in [2.75, 3.05) is 23.4 Å². The van der Waals surface area contributed by atoms with Crippen molar-refractivity contribution in [2.24, 2.45) is 5.92 Å². The SMILES string of the molecule is Cc1ccc(N2C(=O)CC(C(=O)Nc3ccc4c(c3)OCCO4)C2c2cccs2)cc1. The number of carbonyl (C=O) groups is 2. The fraction of sp³-hybridized carbons (Fsp3) is 0.250. The number of amides is 2. The van der Waals surface area contributed by atoms with E-state index in [0.29, 0.717) is 30.4 Å². The number of hydrogen-bond acceptors (Lipinski definition) is 5. The first-order valence-electron chi connectivity index (χ1n) is 10.2. The summed E-state index contributed by atoms with van der Waals surface area (Å²) in [5.74, 6) is 0.549. The molecule has 0 spiro atoms. The van der Waals surface area contributed by atoms with Gasteiger partial charge in [0.1, 0.15) is 13.2 Å². The second-order valence-electron chi connectivity index (χ2n) is 7.72. The lowest BCUT2D eigenvalue weighted by Crippen LogP contribution is -2.32. The van der Waals surface area contributed by atoms with Crippen LogP contribution in [0.1, 0.15) is 22.9 Å². The molecule has 1 aromatic heterocycles. The maximum atomic E-state index is 13.3. The van der Waals surface area contributed by atoms with Crippen LogP contribution in [-0.4, -0.2) is 25.0 Å². The van der Waals surface area contributed by atoms with Crippen molar-refractivity contribution < 1.29 is 19.1 Å². The molecule has 3 aromatic rings. The van der Waals surface area contributed by atoms with Gasteiger partial charge in [-0.05, 0) is 42.6 Å². The first kappa shape index (κ1) is 19.6. The van der Waals surface area contributed by atoms with Crippen LogP contribution in [0.4, 0.5) is 11.4 Å².